The molecule has 2 amide bonds. The van der Waals surface area contributed by atoms with E-state index in [1.54, 1.807) is 0 Å². The Labute approximate surface area is 63.2 Å². The molecule has 1 aliphatic rings. The van der Waals surface area contributed by atoms with Gasteiger partial charge >= 0.3 is 0 Å². The molecule has 0 saturated carbocycles. The van der Waals surface area contributed by atoms with Crippen molar-refractivity contribution in [2.45, 2.75) is 12.5 Å². The maximum absolute atomic E-state index is 10.8. The minimum Gasteiger partial charge on any atom is -0.395 e. The number of amides is 2. The van der Waals surface area contributed by atoms with Crippen LogP contribution in [0.5, 0.6) is 0 Å². The minimum absolute atomic E-state index is 0.0191. The SMILES string of the molecule is O=C1C[C@@H](O)C(=O)N1CCO. The van der Waals surface area contributed by atoms with Crippen molar-refractivity contribution in [3.05, 3.63) is 0 Å². The van der Waals surface area contributed by atoms with Crippen LogP contribution in [0, 0.1) is 0 Å². The van der Waals surface area contributed by atoms with E-state index in [1.807, 2.05) is 0 Å². The fourth-order valence-corrected chi connectivity index (χ4v) is 1.00. The Bertz CT molecular complexity index is 191. The first-order chi connectivity index (χ1) is 5.16. The van der Waals surface area contributed by atoms with Gasteiger partial charge in [-0.1, -0.05) is 0 Å². The molecule has 0 aromatic heterocycles. The highest BCUT2D eigenvalue weighted by atomic mass is 16.3. The van der Waals surface area contributed by atoms with Gasteiger partial charge in [0, 0.05) is 0 Å². The van der Waals surface area contributed by atoms with Crippen LogP contribution >= 0.6 is 0 Å². The minimum atomic E-state index is -1.20. The lowest BCUT2D eigenvalue weighted by Crippen LogP contribution is -2.34. The topological polar surface area (TPSA) is 77.8 Å². The zero-order chi connectivity index (χ0) is 8.43. The van der Waals surface area contributed by atoms with Crippen LogP contribution in [0.3, 0.4) is 0 Å². The average Bonchev–Trinajstić information content (AvgIpc) is 2.17. The van der Waals surface area contributed by atoms with Gasteiger partial charge in [0.15, 0.2) is 0 Å². The van der Waals surface area contributed by atoms with E-state index >= 15 is 0 Å². The maximum atomic E-state index is 10.8. The zero-order valence-corrected chi connectivity index (χ0v) is 5.86. The normalized spacial score (nSPS) is 24.9. The van der Waals surface area contributed by atoms with E-state index in [-0.39, 0.29) is 19.6 Å². The summed E-state index contributed by atoms with van der Waals surface area (Å²) in [6, 6.07) is 0. The molecular weight excluding hydrogens is 150 g/mol. The molecule has 1 saturated heterocycles. The van der Waals surface area contributed by atoms with Crippen LogP contribution in [0.25, 0.3) is 0 Å². The third kappa shape index (κ3) is 1.38. The Hall–Kier alpha value is -0.940. The Morgan fingerprint density at radius 2 is 2.18 bits per heavy atom. The predicted octanol–water partition coefficient (Wildman–Crippen LogP) is -1.90. The fraction of sp³-hybridized carbons (Fsp3) is 0.667. The molecular formula is C6H9NO4. The second kappa shape index (κ2) is 2.98. The number of hydrogen-bond donors (Lipinski definition) is 2. The summed E-state index contributed by atoms with van der Waals surface area (Å²) in [5.74, 6) is -1.03. The second-order valence-electron chi connectivity index (χ2n) is 2.33. The highest BCUT2D eigenvalue weighted by molar-refractivity contribution is 6.04. The fourth-order valence-electron chi connectivity index (χ4n) is 1.00. The molecule has 1 rings (SSSR count). The van der Waals surface area contributed by atoms with Crippen molar-refractivity contribution < 1.29 is 19.8 Å². The first-order valence-corrected chi connectivity index (χ1v) is 3.30. The molecule has 1 heterocycles. The van der Waals surface area contributed by atoms with E-state index in [9.17, 15) is 9.59 Å². The van der Waals surface area contributed by atoms with Crippen LogP contribution in [0.4, 0.5) is 0 Å². The number of nitrogens with zero attached hydrogens (tertiary/aromatic N) is 1. The Kier molecular flexibility index (Phi) is 2.21. The van der Waals surface area contributed by atoms with E-state index in [2.05, 4.69) is 0 Å². The number of carbonyl (C=O) groups is 2. The van der Waals surface area contributed by atoms with Crippen molar-refractivity contribution in [3.8, 4) is 0 Å². The number of hydrogen-bond acceptors (Lipinski definition) is 4. The van der Waals surface area contributed by atoms with Gasteiger partial charge < -0.3 is 10.2 Å². The lowest BCUT2D eigenvalue weighted by molar-refractivity contribution is -0.141. The largest absolute Gasteiger partial charge is 0.395 e. The molecule has 0 spiro atoms. The molecule has 1 atom stereocenters. The van der Waals surface area contributed by atoms with Gasteiger partial charge in [-0.05, 0) is 0 Å². The molecule has 0 bridgehead atoms. The van der Waals surface area contributed by atoms with E-state index < -0.39 is 17.9 Å². The van der Waals surface area contributed by atoms with Crippen molar-refractivity contribution in [2.24, 2.45) is 0 Å². The maximum Gasteiger partial charge on any atom is 0.258 e. The molecule has 0 unspecified atom stereocenters. The van der Waals surface area contributed by atoms with Gasteiger partial charge in [-0.25, -0.2) is 0 Å². The number of aliphatic hydroxyl groups excluding tert-OH is 2. The van der Waals surface area contributed by atoms with Crippen molar-refractivity contribution in [1.82, 2.24) is 4.90 Å². The molecule has 5 heteroatoms. The Morgan fingerprint density at radius 3 is 2.55 bits per heavy atom. The summed E-state index contributed by atoms with van der Waals surface area (Å²) in [7, 11) is 0. The molecule has 0 aromatic carbocycles. The summed E-state index contributed by atoms with van der Waals surface area (Å²) in [6.07, 6.45) is -1.35. The molecule has 1 fully saturated rings. The average molecular weight is 159 g/mol. The third-order valence-electron chi connectivity index (χ3n) is 1.54. The molecule has 11 heavy (non-hydrogen) atoms. The molecule has 5 nitrogen and oxygen atoms in total. The van der Waals surface area contributed by atoms with Gasteiger partial charge in [-0.2, -0.15) is 0 Å². The number of aliphatic hydroxyl groups is 2. The predicted molar refractivity (Wildman–Crippen MR) is 34.4 cm³/mol. The summed E-state index contributed by atoms with van der Waals surface area (Å²) in [5.41, 5.74) is 0. The Morgan fingerprint density at radius 1 is 1.55 bits per heavy atom. The lowest BCUT2D eigenvalue weighted by Gasteiger charge is -2.10. The molecule has 1 aliphatic heterocycles. The van der Waals surface area contributed by atoms with Crippen LogP contribution < -0.4 is 0 Å². The first-order valence-electron chi connectivity index (χ1n) is 3.30. The van der Waals surface area contributed by atoms with Crippen molar-refractivity contribution in [1.29, 1.82) is 0 Å². The molecule has 0 radical (unpaired) electrons. The van der Waals surface area contributed by atoms with Crippen LogP contribution in [0.15, 0.2) is 0 Å². The van der Waals surface area contributed by atoms with Crippen molar-refractivity contribution in [2.75, 3.05) is 13.2 Å². The van der Waals surface area contributed by atoms with Crippen LogP contribution in [0.1, 0.15) is 6.42 Å². The zero-order valence-electron chi connectivity index (χ0n) is 5.86. The van der Waals surface area contributed by atoms with Crippen LogP contribution in [-0.2, 0) is 9.59 Å². The van der Waals surface area contributed by atoms with Crippen LogP contribution in [-0.4, -0.2) is 46.2 Å². The van der Waals surface area contributed by atoms with E-state index in [0.717, 1.165) is 4.90 Å². The van der Waals surface area contributed by atoms with Gasteiger partial charge in [0.25, 0.3) is 5.91 Å². The first kappa shape index (κ1) is 8.16. The van der Waals surface area contributed by atoms with Gasteiger partial charge in [-0.15, -0.1) is 0 Å². The standard InChI is InChI=1S/C6H9NO4/c8-2-1-7-5(10)3-4(9)6(7)11/h4,8-9H,1-3H2/t4-/m1/s1. The van der Waals surface area contributed by atoms with Gasteiger partial charge in [0.05, 0.1) is 19.6 Å². The quantitative estimate of drug-likeness (QED) is 0.461. The van der Waals surface area contributed by atoms with Crippen molar-refractivity contribution >= 4 is 11.8 Å². The smallest absolute Gasteiger partial charge is 0.258 e. The number of likely N-dealkylation sites (tertiary alicyclic amines) is 1. The highest BCUT2D eigenvalue weighted by Crippen LogP contribution is 2.11. The van der Waals surface area contributed by atoms with E-state index in [4.69, 9.17) is 10.2 Å². The monoisotopic (exact) mass is 159 g/mol. The van der Waals surface area contributed by atoms with E-state index in [1.165, 1.54) is 0 Å². The van der Waals surface area contributed by atoms with Crippen molar-refractivity contribution in [3.63, 3.8) is 0 Å². The summed E-state index contributed by atoms with van der Waals surface area (Å²) < 4.78 is 0. The molecule has 2 N–H and O–H groups in total. The number of imide groups is 1. The molecule has 62 valence electrons. The second-order valence-corrected chi connectivity index (χ2v) is 2.33. The summed E-state index contributed by atoms with van der Waals surface area (Å²) in [6.45, 7) is -0.279. The summed E-state index contributed by atoms with van der Waals surface area (Å²) >= 11 is 0. The molecule has 0 aliphatic carbocycles. The molecule has 0 aromatic rings. The lowest BCUT2D eigenvalue weighted by atomic mass is 10.3. The summed E-state index contributed by atoms with van der Waals surface area (Å²) in [4.78, 5) is 22.5. The third-order valence-corrected chi connectivity index (χ3v) is 1.54. The van der Waals surface area contributed by atoms with Crippen LogP contribution in [0.2, 0.25) is 0 Å². The summed E-state index contributed by atoms with van der Waals surface area (Å²) in [5, 5.41) is 17.3. The van der Waals surface area contributed by atoms with E-state index in [0.29, 0.717) is 0 Å². The highest BCUT2D eigenvalue weighted by Gasteiger charge is 2.36. The van der Waals surface area contributed by atoms with Gasteiger partial charge in [0.1, 0.15) is 6.10 Å². The number of rotatable bonds is 2. The van der Waals surface area contributed by atoms with Gasteiger partial charge in [-0.3, -0.25) is 14.5 Å². The Balaban J connectivity index is 2.64. The van der Waals surface area contributed by atoms with Gasteiger partial charge in [0.2, 0.25) is 5.91 Å². The number of β-amino-alcohol motifs (C(OH)–C–C–N with tert-alkyl or cyclic N) is 1. The number of carbonyl (C=O) groups excluding carboxylic acids is 2.